The van der Waals surface area contributed by atoms with Crippen molar-refractivity contribution < 1.29 is 9.47 Å². The molecule has 1 aliphatic heterocycles. The normalized spacial score (nSPS) is 26.9. The summed E-state index contributed by atoms with van der Waals surface area (Å²) in [6.45, 7) is 6.07. The van der Waals surface area contributed by atoms with Crippen LogP contribution in [0.3, 0.4) is 0 Å². The molecule has 2 fully saturated rings. The fraction of sp³-hybridized carbons (Fsp3) is 0.458. The monoisotopic (exact) mass is 451 g/mol. The van der Waals surface area contributed by atoms with Gasteiger partial charge in [0.25, 0.3) is 0 Å². The van der Waals surface area contributed by atoms with Gasteiger partial charge in [-0.25, -0.2) is 15.0 Å². The summed E-state index contributed by atoms with van der Waals surface area (Å²) in [5.41, 5.74) is 4.30. The van der Waals surface area contributed by atoms with Crippen LogP contribution in [0.1, 0.15) is 44.0 Å². The van der Waals surface area contributed by atoms with E-state index < -0.39 is 5.79 Å². The van der Waals surface area contributed by atoms with Crippen molar-refractivity contribution in [3.8, 4) is 0 Å². The molecule has 4 atom stereocenters. The van der Waals surface area contributed by atoms with Crippen molar-refractivity contribution in [2.45, 2.75) is 64.1 Å². The highest BCUT2D eigenvalue weighted by atomic mass is 35.5. The number of hydrogen-bond acceptors (Lipinski definition) is 5. The molecule has 0 spiro atoms. The number of ether oxygens (including phenoxy) is 2. The molecule has 4 aromatic rings. The first-order chi connectivity index (χ1) is 15.4. The van der Waals surface area contributed by atoms with E-state index in [1.807, 2.05) is 26.1 Å². The van der Waals surface area contributed by atoms with Gasteiger partial charge in [-0.15, -0.1) is 0 Å². The van der Waals surface area contributed by atoms with E-state index in [0.29, 0.717) is 11.1 Å². The minimum atomic E-state index is -0.589. The van der Waals surface area contributed by atoms with Crippen LogP contribution in [0.5, 0.6) is 0 Å². The molecule has 1 aliphatic carbocycles. The van der Waals surface area contributed by atoms with Gasteiger partial charge in [0.1, 0.15) is 28.9 Å². The van der Waals surface area contributed by atoms with Gasteiger partial charge in [-0.3, -0.25) is 0 Å². The number of halogens is 1. The van der Waals surface area contributed by atoms with Crippen LogP contribution in [0.25, 0.3) is 16.7 Å². The maximum absolute atomic E-state index is 6.40. The molecule has 1 saturated carbocycles. The summed E-state index contributed by atoms with van der Waals surface area (Å²) < 4.78 is 17.1. The lowest BCUT2D eigenvalue weighted by Crippen LogP contribution is -2.27. The molecule has 2 aliphatic rings. The Balaban J connectivity index is 1.27. The molecule has 0 radical (unpaired) electrons. The summed E-state index contributed by atoms with van der Waals surface area (Å²) in [6.07, 6.45) is 10.6. The first-order valence-electron chi connectivity index (χ1n) is 11.1. The van der Waals surface area contributed by atoms with E-state index in [1.165, 1.54) is 11.9 Å². The molecule has 0 unspecified atom stereocenters. The van der Waals surface area contributed by atoms with E-state index >= 15 is 0 Å². The van der Waals surface area contributed by atoms with Crippen LogP contribution < -0.4 is 0 Å². The van der Waals surface area contributed by atoms with Gasteiger partial charge in [0.05, 0.1) is 17.5 Å². The number of aryl methyl sites for hydroxylation is 2. The van der Waals surface area contributed by atoms with Crippen molar-refractivity contribution in [2.75, 3.05) is 0 Å². The Hall–Kier alpha value is -2.48. The first-order valence-corrected chi connectivity index (χ1v) is 11.5. The first kappa shape index (κ1) is 20.1. The van der Waals surface area contributed by atoms with Crippen LogP contribution in [-0.4, -0.2) is 41.9 Å². The fourth-order valence-electron chi connectivity index (χ4n) is 5.48. The largest absolute Gasteiger partial charge is 0.344 e. The second kappa shape index (κ2) is 7.27. The maximum atomic E-state index is 6.40. The van der Waals surface area contributed by atoms with E-state index in [4.69, 9.17) is 21.1 Å². The zero-order valence-corrected chi connectivity index (χ0v) is 19.2. The maximum Gasteiger partial charge on any atom is 0.163 e. The Morgan fingerprint density at radius 1 is 1.12 bits per heavy atom. The standard InChI is InChI=1S/C24H26ClN5O2/c1-14-12-26-19-10-15(6-8-29(14)19)4-5-16-11-18(21-20(16)31-24(2,3)32-21)30-9-7-17-22(25)27-13-28-23(17)30/h6-10,12-13,16,18,20-21H,4-5,11H2,1-3H3/t16-,18+,20+,21-/m0/s1. The molecule has 166 valence electrons. The second-order valence-electron chi connectivity index (χ2n) is 9.45. The molecular formula is C24H26ClN5O2. The quantitative estimate of drug-likeness (QED) is 0.419. The Labute approximate surface area is 191 Å². The summed E-state index contributed by atoms with van der Waals surface area (Å²) in [4.78, 5) is 13.1. The molecule has 7 nitrogen and oxygen atoms in total. The van der Waals surface area contributed by atoms with Gasteiger partial charge in [0, 0.05) is 24.3 Å². The lowest BCUT2D eigenvalue weighted by molar-refractivity contribution is -0.160. The minimum Gasteiger partial charge on any atom is -0.344 e. The number of rotatable bonds is 4. The Kier molecular flexibility index (Phi) is 4.58. The topological polar surface area (TPSA) is 66.5 Å². The van der Waals surface area contributed by atoms with Gasteiger partial charge < -0.3 is 18.4 Å². The molecule has 1 saturated heterocycles. The van der Waals surface area contributed by atoms with Gasteiger partial charge in [0.2, 0.25) is 0 Å². The van der Waals surface area contributed by atoms with Crippen LogP contribution >= 0.6 is 11.6 Å². The lowest BCUT2D eigenvalue weighted by atomic mass is 9.96. The summed E-state index contributed by atoms with van der Waals surface area (Å²) in [6, 6.07) is 6.51. The van der Waals surface area contributed by atoms with Crippen molar-refractivity contribution >= 4 is 28.3 Å². The average molecular weight is 452 g/mol. The van der Waals surface area contributed by atoms with Crippen molar-refractivity contribution in [1.29, 1.82) is 0 Å². The molecule has 0 N–H and O–H groups in total. The predicted octanol–water partition coefficient (Wildman–Crippen LogP) is 4.75. The van der Waals surface area contributed by atoms with E-state index in [2.05, 4.69) is 55.4 Å². The van der Waals surface area contributed by atoms with E-state index in [1.54, 1.807) is 0 Å². The van der Waals surface area contributed by atoms with E-state index in [9.17, 15) is 0 Å². The Morgan fingerprint density at radius 2 is 1.97 bits per heavy atom. The molecule has 32 heavy (non-hydrogen) atoms. The molecule has 4 aromatic heterocycles. The van der Waals surface area contributed by atoms with Crippen molar-refractivity contribution in [3.05, 3.63) is 59.5 Å². The van der Waals surface area contributed by atoms with Gasteiger partial charge in [0.15, 0.2) is 5.79 Å². The summed E-state index contributed by atoms with van der Waals surface area (Å²) in [7, 11) is 0. The van der Waals surface area contributed by atoms with Gasteiger partial charge in [-0.05, 0) is 69.7 Å². The predicted molar refractivity (Wildman–Crippen MR) is 122 cm³/mol. The highest BCUT2D eigenvalue weighted by molar-refractivity contribution is 6.33. The minimum absolute atomic E-state index is 0.0169. The molecule has 0 aromatic carbocycles. The van der Waals surface area contributed by atoms with Crippen molar-refractivity contribution in [2.24, 2.45) is 5.92 Å². The van der Waals surface area contributed by atoms with Gasteiger partial charge >= 0.3 is 0 Å². The van der Waals surface area contributed by atoms with Crippen molar-refractivity contribution in [1.82, 2.24) is 23.9 Å². The number of aromatic nitrogens is 5. The lowest BCUT2D eigenvalue weighted by Gasteiger charge is -2.24. The number of imidazole rings is 1. The molecule has 8 heteroatoms. The third-order valence-electron chi connectivity index (χ3n) is 6.94. The van der Waals surface area contributed by atoms with Crippen LogP contribution in [0.4, 0.5) is 0 Å². The third-order valence-corrected chi connectivity index (χ3v) is 7.24. The fourth-order valence-corrected chi connectivity index (χ4v) is 5.67. The second-order valence-corrected chi connectivity index (χ2v) is 9.81. The number of fused-ring (bicyclic) bond motifs is 3. The van der Waals surface area contributed by atoms with E-state index in [-0.39, 0.29) is 18.2 Å². The Bertz CT molecular complexity index is 1310. The average Bonchev–Trinajstić information content (AvgIpc) is 3.49. The SMILES string of the molecule is Cc1cnc2cc(CC[C@H]3C[C@@H](n4ccc5c(Cl)ncnc54)[C@@H]4OC(C)(C)O[C@H]34)ccn12. The molecule has 0 amide bonds. The summed E-state index contributed by atoms with van der Waals surface area (Å²) >= 11 is 6.30. The van der Waals surface area contributed by atoms with E-state index in [0.717, 1.165) is 41.6 Å². The van der Waals surface area contributed by atoms with Crippen molar-refractivity contribution in [3.63, 3.8) is 0 Å². The Morgan fingerprint density at radius 3 is 2.84 bits per heavy atom. The number of hydrogen-bond donors (Lipinski definition) is 0. The zero-order chi connectivity index (χ0) is 22.0. The molecule has 6 rings (SSSR count). The molecule has 0 bridgehead atoms. The third kappa shape index (κ3) is 3.22. The highest BCUT2D eigenvalue weighted by Crippen LogP contribution is 2.49. The highest BCUT2D eigenvalue weighted by Gasteiger charge is 2.54. The smallest absolute Gasteiger partial charge is 0.163 e. The van der Waals surface area contributed by atoms with Crippen LogP contribution in [0.15, 0.2) is 43.1 Å². The van der Waals surface area contributed by atoms with Gasteiger partial charge in [-0.2, -0.15) is 0 Å². The summed E-state index contributed by atoms with van der Waals surface area (Å²) in [5.74, 6) is -0.201. The van der Waals surface area contributed by atoms with Crippen LogP contribution in [0, 0.1) is 12.8 Å². The van der Waals surface area contributed by atoms with Gasteiger partial charge in [-0.1, -0.05) is 11.6 Å². The number of pyridine rings is 1. The van der Waals surface area contributed by atoms with Crippen LogP contribution in [0.2, 0.25) is 5.15 Å². The summed E-state index contributed by atoms with van der Waals surface area (Å²) in [5, 5.41) is 1.35. The van der Waals surface area contributed by atoms with Crippen LogP contribution in [-0.2, 0) is 15.9 Å². The zero-order valence-electron chi connectivity index (χ0n) is 18.4. The molecule has 5 heterocycles. The number of nitrogens with zero attached hydrogens (tertiary/aromatic N) is 5. The molecular weight excluding hydrogens is 426 g/mol.